The van der Waals surface area contributed by atoms with Crippen LogP contribution in [0.15, 0.2) is 30.4 Å². The van der Waals surface area contributed by atoms with Gasteiger partial charge < -0.3 is 19.7 Å². The first-order valence-electron chi connectivity index (χ1n) is 10.6. The van der Waals surface area contributed by atoms with E-state index in [9.17, 15) is 14.4 Å². The summed E-state index contributed by atoms with van der Waals surface area (Å²) in [5.41, 5.74) is 0.698. The molecule has 0 saturated carbocycles. The summed E-state index contributed by atoms with van der Waals surface area (Å²) in [6.07, 6.45) is 6.82. The summed E-state index contributed by atoms with van der Waals surface area (Å²) in [5.74, 6) is 0.858. The maximum absolute atomic E-state index is 12.7. The molecule has 0 spiro atoms. The monoisotopic (exact) mass is 412 g/mol. The number of quaternary nitrogens is 1. The topological polar surface area (TPSA) is 89.4 Å². The Morgan fingerprint density at radius 2 is 1.70 bits per heavy atom. The number of fused-ring (bicyclic) bond motifs is 2. The second kappa shape index (κ2) is 7.75. The van der Waals surface area contributed by atoms with Crippen LogP contribution in [0.2, 0.25) is 0 Å². The summed E-state index contributed by atoms with van der Waals surface area (Å²) >= 11 is 0. The molecule has 5 rings (SSSR count). The second-order valence-corrected chi connectivity index (χ2v) is 8.50. The fraction of sp³-hybridized carbons (Fsp3) is 0.500. The van der Waals surface area contributed by atoms with E-state index in [0.717, 1.165) is 25.9 Å². The molecular weight excluding hydrogens is 386 g/mol. The molecule has 30 heavy (non-hydrogen) atoms. The molecule has 8 nitrogen and oxygen atoms in total. The third kappa shape index (κ3) is 3.45. The van der Waals surface area contributed by atoms with Gasteiger partial charge in [0.1, 0.15) is 0 Å². The van der Waals surface area contributed by atoms with E-state index in [1.165, 1.54) is 9.80 Å². The zero-order valence-electron chi connectivity index (χ0n) is 16.8. The summed E-state index contributed by atoms with van der Waals surface area (Å²) in [5, 5.41) is 2.97. The van der Waals surface area contributed by atoms with Crippen molar-refractivity contribution in [1.82, 2.24) is 4.90 Å². The van der Waals surface area contributed by atoms with Crippen molar-refractivity contribution in [3.05, 3.63) is 30.4 Å². The predicted octanol–water partition coefficient (Wildman–Crippen LogP) is 0.557. The van der Waals surface area contributed by atoms with Crippen LogP contribution >= 0.6 is 0 Å². The van der Waals surface area contributed by atoms with Crippen molar-refractivity contribution in [1.29, 1.82) is 0 Å². The van der Waals surface area contributed by atoms with Gasteiger partial charge in [-0.1, -0.05) is 12.2 Å². The van der Waals surface area contributed by atoms with Crippen LogP contribution in [-0.4, -0.2) is 49.2 Å². The normalized spacial score (nSPS) is 29.8. The molecule has 3 aliphatic heterocycles. The Morgan fingerprint density at radius 3 is 2.40 bits per heavy atom. The number of ether oxygens (including phenoxy) is 2. The van der Waals surface area contributed by atoms with Crippen molar-refractivity contribution in [3.8, 4) is 11.5 Å². The molecule has 0 bridgehead atoms. The molecule has 158 valence electrons. The lowest BCUT2D eigenvalue weighted by molar-refractivity contribution is -0.913. The molecule has 3 heterocycles. The maximum atomic E-state index is 12.7. The third-order valence-electron chi connectivity index (χ3n) is 6.68. The van der Waals surface area contributed by atoms with Gasteiger partial charge in [0.25, 0.3) is 0 Å². The van der Waals surface area contributed by atoms with E-state index in [4.69, 9.17) is 9.47 Å². The molecule has 0 radical (unpaired) electrons. The average Bonchev–Trinajstić information content (AvgIpc) is 3.33. The molecule has 2 fully saturated rings. The molecule has 2 saturated heterocycles. The van der Waals surface area contributed by atoms with Crippen molar-refractivity contribution < 1.29 is 28.8 Å². The SMILES string of the molecule is O=C(Nc1ccc2c(c1)OCO2)C1CC[NH+](CN2C(=O)[C@H]3CC=CC[C@@H]3C2=O)CC1. The molecule has 0 aromatic heterocycles. The van der Waals surface area contributed by atoms with Gasteiger partial charge in [-0.3, -0.25) is 14.4 Å². The number of hydrogen-bond donors (Lipinski definition) is 2. The number of carbonyl (C=O) groups is 3. The van der Waals surface area contributed by atoms with Crippen LogP contribution < -0.4 is 19.7 Å². The molecule has 1 aromatic carbocycles. The number of benzene rings is 1. The number of nitrogens with zero attached hydrogens (tertiary/aromatic N) is 1. The highest BCUT2D eigenvalue weighted by atomic mass is 16.7. The van der Waals surface area contributed by atoms with E-state index in [-0.39, 0.29) is 42.3 Å². The number of amides is 3. The fourth-order valence-electron chi connectivity index (χ4n) is 4.91. The lowest BCUT2D eigenvalue weighted by Crippen LogP contribution is -3.14. The second-order valence-electron chi connectivity index (χ2n) is 8.50. The molecule has 3 amide bonds. The number of imide groups is 1. The van der Waals surface area contributed by atoms with Crippen LogP contribution in [0.4, 0.5) is 5.69 Å². The smallest absolute Gasteiger partial charge is 0.237 e. The Kier molecular flexibility index (Phi) is 4.94. The number of nitrogens with one attached hydrogen (secondary N) is 2. The maximum Gasteiger partial charge on any atom is 0.237 e. The van der Waals surface area contributed by atoms with E-state index in [1.807, 2.05) is 18.2 Å². The Hall–Kier alpha value is -2.87. The average molecular weight is 412 g/mol. The Balaban J connectivity index is 1.13. The van der Waals surface area contributed by atoms with Crippen LogP contribution in [0.1, 0.15) is 25.7 Å². The van der Waals surface area contributed by atoms with Gasteiger partial charge in [0.15, 0.2) is 18.2 Å². The van der Waals surface area contributed by atoms with Crippen molar-refractivity contribution in [2.45, 2.75) is 25.7 Å². The number of carbonyl (C=O) groups excluding carboxylic acids is 3. The Bertz CT molecular complexity index is 880. The molecular formula is C22H26N3O5+. The zero-order valence-corrected chi connectivity index (χ0v) is 16.8. The van der Waals surface area contributed by atoms with Crippen LogP contribution in [0.25, 0.3) is 0 Å². The van der Waals surface area contributed by atoms with E-state index >= 15 is 0 Å². The van der Waals surface area contributed by atoms with Gasteiger partial charge in [-0.2, -0.15) is 0 Å². The molecule has 4 aliphatic rings. The van der Waals surface area contributed by atoms with Gasteiger partial charge in [-0.05, 0) is 25.0 Å². The van der Waals surface area contributed by atoms with Crippen LogP contribution in [0.5, 0.6) is 11.5 Å². The minimum absolute atomic E-state index is 0.00154. The molecule has 8 heteroatoms. The number of hydrogen-bond acceptors (Lipinski definition) is 5. The summed E-state index contributed by atoms with van der Waals surface area (Å²) in [4.78, 5) is 40.6. The van der Waals surface area contributed by atoms with Crippen molar-refractivity contribution in [2.24, 2.45) is 17.8 Å². The van der Waals surface area contributed by atoms with Crippen LogP contribution in [-0.2, 0) is 14.4 Å². The lowest BCUT2D eigenvalue weighted by Gasteiger charge is -2.30. The molecule has 1 aromatic rings. The van der Waals surface area contributed by atoms with Crippen molar-refractivity contribution in [2.75, 3.05) is 31.9 Å². The number of rotatable bonds is 4. The quantitative estimate of drug-likeness (QED) is 0.557. The summed E-state index contributed by atoms with van der Waals surface area (Å²) < 4.78 is 10.6. The first-order valence-corrected chi connectivity index (χ1v) is 10.6. The fourth-order valence-corrected chi connectivity index (χ4v) is 4.91. The molecule has 2 N–H and O–H groups in total. The van der Waals surface area contributed by atoms with Crippen molar-refractivity contribution >= 4 is 23.4 Å². The molecule has 0 unspecified atom stereocenters. The van der Waals surface area contributed by atoms with Gasteiger partial charge in [0, 0.05) is 30.5 Å². The highest BCUT2D eigenvalue weighted by Crippen LogP contribution is 2.35. The van der Waals surface area contributed by atoms with Crippen LogP contribution in [0.3, 0.4) is 0 Å². The molecule has 1 aliphatic carbocycles. The summed E-state index contributed by atoms with van der Waals surface area (Å²) in [6.45, 7) is 2.16. The number of likely N-dealkylation sites (tertiary alicyclic amines) is 2. The van der Waals surface area contributed by atoms with Gasteiger partial charge in [-0.25, -0.2) is 4.90 Å². The highest BCUT2D eigenvalue weighted by molar-refractivity contribution is 6.05. The number of piperidine rings is 1. The van der Waals surface area contributed by atoms with Crippen molar-refractivity contribution in [3.63, 3.8) is 0 Å². The molecule has 2 atom stereocenters. The van der Waals surface area contributed by atoms with E-state index in [1.54, 1.807) is 12.1 Å². The van der Waals surface area contributed by atoms with Gasteiger partial charge >= 0.3 is 0 Å². The van der Waals surface area contributed by atoms with E-state index in [0.29, 0.717) is 36.7 Å². The standard InChI is InChI=1S/C22H25N3O5/c26-20(23-15-5-6-18-19(11-15)30-13-29-18)14-7-9-24(10-8-14)12-25-21(27)16-3-1-2-4-17(16)22(25)28/h1-2,5-6,11,14,16-17H,3-4,7-10,12-13H2,(H,23,26)/p+1/t16-,17-/m0/s1. The Morgan fingerprint density at radius 1 is 1.03 bits per heavy atom. The zero-order chi connectivity index (χ0) is 20.7. The minimum Gasteiger partial charge on any atom is -0.454 e. The summed E-state index contributed by atoms with van der Waals surface area (Å²) in [7, 11) is 0. The highest BCUT2D eigenvalue weighted by Gasteiger charge is 2.48. The lowest BCUT2D eigenvalue weighted by atomic mass is 9.85. The number of anilines is 1. The first kappa shape index (κ1) is 19.1. The third-order valence-corrected chi connectivity index (χ3v) is 6.68. The first-order chi connectivity index (χ1) is 14.6. The Labute approximate surface area is 174 Å². The summed E-state index contributed by atoms with van der Waals surface area (Å²) in [6, 6.07) is 5.38. The largest absolute Gasteiger partial charge is 0.454 e. The van der Waals surface area contributed by atoms with Gasteiger partial charge in [0.05, 0.1) is 24.9 Å². The minimum atomic E-state index is -0.174. The van der Waals surface area contributed by atoms with Gasteiger partial charge in [0.2, 0.25) is 24.5 Å². The van der Waals surface area contributed by atoms with Gasteiger partial charge in [-0.15, -0.1) is 0 Å². The predicted molar refractivity (Wildman–Crippen MR) is 107 cm³/mol. The van der Waals surface area contributed by atoms with E-state index < -0.39 is 0 Å². The van der Waals surface area contributed by atoms with Crippen LogP contribution in [0, 0.1) is 17.8 Å². The van der Waals surface area contributed by atoms with E-state index in [2.05, 4.69) is 5.32 Å². The number of allylic oxidation sites excluding steroid dienone is 2.